The fourth-order valence-electron chi connectivity index (χ4n) is 8.74. The molecule has 0 saturated carbocycles. The first kappa shape index (κ1) is 63.2. The summed E-state index contributed by atoms with van der Waals surface area (Å²) in [6.45, 7) is 10.6. The van der Waals surface area contributed by atoms with E-state index in [0.717, 1.165) is 23.0 Å². The van der Waals surface area contributed by atoms with Gasteiger partial charge in [0, 0.05) is 37.4 Å². The first-order chi connectivity index (χ1) is 44.4. The van der Waals surface area contributed by atoms with Crippen LogP contribution in [0.15, 0.2) is 189 Å². The molecule has 0 fully saturated rings. The number of aryl methyl sites for hydroxylation is 4. The highest BCUT2D eigenvalue weighted by molar-refractivity contribution is 5.98. The lowest BCUT2D eigenvalue weighted by Crippen LogP contribution is -2.25. The average molecular weight is 1230 g/mol. The molecule has 0 aliphatic rings. The molecule has 0 unspecified atom stereocenters. The van der Waals surface area contributed by atoms with E-state index in [1.807, 2.05) is 149 Å². The predicted molar refractivity (Wildman–Crippen MR) is 353 cm³/mol. The van der Waals surface area contributed by atoms with Crippen molar-refractivity contribution in [3.63, 3.8) is 0 Å². The third-order valence-electron chi connectivity index (χ3n) is 13.2. The summed E-state index contributed by atoms with van der Waals surface area (Å²) >= 11 is 0. The Kier molecular flexibility index (Phi) is 22.5. The van der Waals surface area contributed by atoms with E-state index in [-0.39, 0.29) is 11.8 Å². The van der Waals surface area contributed by atoms with Crippen molar-refractivity contribution in [2.24, 2.45) is 20.0 Å². The number of nitrogens with one attached hydrogen (secondary N) is 2. The van der Waals surface area contributed by atoms with Crippen LogP contribution in [-0.4, -0.2) is 89.4 Å². The standard InChI is InChI=1S/C72H68N6O13/c1-49-7-11-59(84-49)15-19-63-23-27-67(88-63)45-75-55-39-53(40-56(43-55)76-46-68-28-24-64(89-68)20-16-60-12-8-50(2)85-60)71(79)73-31-5-33-81-35-37-83-38-36-82-34-6-32-74-72(80)54-41-57(77-47-69-29-25-65(90-69)21-17-61-13-9-51(3)86-61)44-58(42-54)78-48-70-30-26-66(91-70)22-18-62-14-10-52(4)87-62/h7-30,39-48H,5-6,31-38H2,1-4H3,(H,73,79)(H,74,80)/b19-15+,20-16+,21-17+,22-18+,75-45?,76-46?,77-47?,78-48?. The lowest BCUT2D eigenvalue weighted by atomic mass is 10.1. The summed E-state index contributed by atoms with van der Waals surface area (Å²) in [5.74, 6) is 10.1. The van der Waals surface area contributed by atoms with Gasteiger partial charge in [-0.05, 0) is 223 Å². The molecule has 0 aliphatic heterocycles. The highest BCUT2D eigenvalue weighted by Crippen LogP contribution is 2.27. The number of rotatable bonds is 32. The van der Waals surface area contributed by atoms with Gasteiger partial charge in [0.2, 0.25) is 0 Å². The number of hydrogen-bond donors (Lipinski definition) is 2. The number of ether oxygens (including phenoxy) is 3. The molecule has 2 aromatic carbocycles. The molecule has 19 nitrogen and oxygen atoms in total. The van der Waals surface area contributed by atoms with Crippen molar-refractivity contribution in [1.82, 2.24) is 10.6 Å². The Labute approximate surface area is 525 Å². The van der Waals surface area contributed by atoms with Crippen LogP contribution in [0.1, 0.15) is 126 Å². The van der Waals surface area contributed by atoms with Crippen LogP contribution in [0.25, 0.3) is 48.6 Å². The minimum atomic E-state index is -0.294. The molecule has 0 radical (unpaired) electrons. The van der Waals surface area contributed by atoms with E-state index in [0.29, 0.717) is 169 Å². The molecule has 2 amide bonds. The zero-order valence-electron chi connectivity index (χ0n) is 50.8. The molecule has 0 atom stereocenters. The van der Waals surface area contributed by atoms with Gasteiger partial charge in [-0.15, -0.1) is 0 Å². The molecule has 2 N–H and O–H groups in total. The fourth-order valence-corrected chi connectivity index (χ4v) is 8.74. The Morgan fingerprint density at radius 2 is 0.549 bits per heavy atom. The van der Waals surface area contributed by atoms with Gasteiger partial charge in [-0.3, -0.25) is 29.6 Å². The molecule has 19 heteroatoms. The number of aliphatic imine (C=N–C) groups is 4. The van der Waals surface area contributed by atoms with Gasteiger partial charge < -0.3 is 60.2 Å². The second-order valence-corrected chi connectivity index (χ2v) is 20.7. The van der Waals surface area contributed by atoms with Crippen molar-refractivity contribution in [1.29, 1.82) is 0 Å². The molecule has 464 valence electrons. The first-order valence-electron chi connectivity index (χ1n) is 29.6. The Bertz CT molecular complexity index is 3750. The zero-order chi connectivity index (χ0) is 63.0. The summed E-state index contributed by atoms with van der Waals surface area (Å²) in [6.07, 6.45) is 22.1. The maximum Gasteiger partial charge on any atom is 0.251 e. The van der Waals surface area contributed by atoms with E-state index >= 15 is 0 Å². The van der Waals surface area contributed by atoms with Crippen molar-refractivity contribution >= 4 is 108 Å². The number of nitrogens with zero attached hydrogens (tertiary/aromatic N) is 4. The van der Waals surface area contributed by atoms with Crippen LogP contribution in [0.4, 0.5) is 22.7 Å². The molecular weight excluding hydrogens is 1160 g/mol. The predicted octanol–water partition coefficient (Wildman–Crippen LogP) is 16.3. The molecular formula is C72H68N6O13. The zero-order valence-corrected chi connectivity index (χ0v) is 50.8. The highest BCUT2D eigenvalue weighted by atomic mass is 16.5. The van der Waals surface area contributed by atoms with Crippen molar-refractivity contribution in [2.75, 3.05) is 52.7 Å². The lowest BCUT2D eigenvalue weighted by Gasteiger charge is -2.09. The highest BCUT2D eigenvalue weighted by Gasteiger charge is 2.12. The van der Waals surface area contributed by atoms with Gasteiger partial charge in [0.25, 0.3) is 11.8 Å². The van der Waals surface area contributed by atoms with Crippen molar-refractivity contribution < 1.29 is 59.1 Å². The third kappa shape index (κ3) is 20.6. The molecule has 91 heavy (non-hydrogen) atoms. The van der Waals surface area contributed by atoms with Crippen molar-refractivity contribution in [3.8, 4) is 0 Å². The molecule has 8 heterocycles. The number of carbonyl (C=O) groups is 2. The van der Waals surface area contributed by atoms with E-state index in [1.165, 1.54) is 0 Å². The SMILES string of the molecule is Cc1ccc(/C=C/c2ccc(C=Nc3cc(N=Cc4ccc(/C=C/c5ccc(C)o5)o4)cc(C(=O)NCCCOCCOCCOCCCNC(=O)c4cc(N=Cc5ccc(/C=C/c6ccc(C)o6)o5)cc(N=Cc5ccc(/C=C/c6ccc(C)o6)o5)c4)c3)o2)o1. The molecule has 8 aromatic heterocycles. The van der Waals surface area contributed by atoms with Crippen LogP contribution in [0.2, 0.25) is 0 Å². The Morgan fingerprint density at radius 1 is 0.319 bits per heavy atom. The van der Waals surface area contributed by atoms with Crippen LogP contribution in [-0.2, 0) is 14.2 Å². The summed E-state index contributed by atoms with van der Waals surface area (Å²) < 4.78 is 63.5. The van der Waals surface area contributed by atoms with E-state index in [2.05, 4.69) is 30.6 Å². The molecule has 0 aliphatic carbocycles. The van der Waals surface area contributed by atoms with Crippen LogP contribution in [0.5, 0.6) is 0 Å². The fraction of sp³-hybridized carbons (Fsp3) is 0.194. The normalized spacial score (nSPS) is 12.3. The van der Waals surface area contributed by atoms with Crippen LogP contribution >= 0.6 is 0 Å². The van der Waals surface area contributed by atoms with Gasteiger partial charge in [-0.1, -0.05) is 0 Å². The number of furan rings is 8. The third-order valence-corrected chi connectivity index (χ3v) is 13.2. The monoisotopic (exact) mass is 1220 g/mol. The van der Waals surface area contributed by atoms with E-state index in [9.17, 15) is 9.59 Å². The molecule has 10 aromatic rings. The molecule has 10 rings (SSSR count). The van der Waals surface area contributed by atoms with Crippen LogP contribution in [0, 0.1) is 27.7 Å². The van der Waals surface area contributed by atoms with Gasteiger partial charge in [-0.2, -0.15) is 0 Å². The average Bonchev–Trinajstić information content (AvgIpc) is 3.35. The van der Waals surface area contributed by atoms with Gasteiger partial charge in [-0.25, -0.2) is 0 Å². The lowest BCUT2D eigenvalue weighted by molar-refractivity contribution is 0.0139. The smallest absolute Gasteiger partial charge is 0.251 e. The number of benzene rings is 2. The summed E-state index contributed by atoms with van der Waals surface area (Å²) in [5, 5.41) is 5.95. The van der Waals surface area contributed by atoms with Crippen molar-refractivity contribution in [2.45, 2.75) is 40.5 Å². The first-order valence-corrected chi connectivity index (χ1v) is 29.6. The summed E-state index contributed by atoms with van der Waals surface area (Å²) in [5.41, 5.74) is 2.72. The maximum atomic E-state index is 13.5. The Balaban J connectivity index is 0.640. The molecule has 0 spiro atoms. The topological polar surface area (TPSA) is 240 Å². The van der Waals surface area contributed by atoms with Gasteiger partial charge in [0.15, 0.2) is 0 Å². The summed E-state index contributed by atoms with van der Waals surface area (Å²) in [6, 6.07) is 40.0. The minimum absolute atomic E-state index is 0.294. The largest absolute Gasteiger partial charge is 0.462 e. The summed E-state index contributed by atoms with van der Waals surface area (Å²) in [7, 11) is 0. The van der Waals surface area contributed by atoms with Gasteiger partial charge >= 0.3 is 0 Å². The Hall–Kier alpha value is -10.9. The van der Waals surface area contributed by atoms with Gasteiger partial charge in [0.05, 0.1) is 74.0 Å². The Morgan fingerprint density at radius 3 is 0.802 bits per heavy atom. The van der Waals surface area contributed by atoms with E-state index in [1.54, 1.807) is 85.5 Å². The van der Waals surface area contributed by atoms with Crippen LogP contribution < -0.4 is 10.6 Å². The van der Waals surface area contributed by atoms with E-state index < -0.39 is 0 Å². The number of carbonyl (C=O) groups excluding carboxylic acids is 2. The van der Waals surface area contributed by atoms with E-state index in [4.69, 9.17) is 49.5 Å². The summed E-state index contributed by atoms with van der Waals surface area (Å²) in [4.78, 5) is 45.6. The number of amides is 2. The second-order valence-electron chi connectivity index (χ2n) is 20.7. The van der Waals surface area contributed by atoms with Crippen LogP contribution in [0.3, 0.4) is 0 Å². The second kappa shape index (κ2) is 32.4. The minimum Gasteiger partial charge on any atom is -0.462 e. The van der Waals surface area contributed by atoms with Crippen molar-refractivity contribution in [3.05, 3.63) is 237 Å². The molecule has 0 saturated heterocycles. The van der Waals surface area contributed by atoms with Gasteiger partial charge in [0.1, 0.15) is 92.2 Å². The number of hydrogen-bond acceptors (Lipinski definition) is 17. The maximum absolute atomic E-state index is 13.5. The quantitative estimate of drug-likeness (QED) is 0.0295. The molecule has 0 bridgehead atoms.